The predicted molar refractivity (Wildman–Crippen MR) is 59.3 cm³/mol. The van der Waals surface area contributed by atoms with Gasteiger partial charge < -0.3 is 9.73 Å². The normalized spacial score (nSPS) is 14.5. The number of furan rings is 1. The first-order valence-electron chi connectivity index (χ1n) is 5.41. The van der Waals surface area contributed by atoms with Gasteiger partial charge in [-0.25, -0.2) is 0 Å². The second kappa shape index (κ2) is 6.26. The zero-order chi connectivity index (χ0) is 11.1. The van der Waals surface area contributed by atoms with Crippen molar-refractivity contribution in [3.05, 3.63) is 24.2 Å². The Kier molecular flexibility index (Phi) is 4.92. The van der Waals surface area contributed by atoms with Gasteiger partial charge in [-0.15, -0.1) is 0 Å². The van der Waals surface area contributed by atoms with Gasteiger partial charge in [0, 0.05) is 18.5 Å². The Balaban J connectivity index is 2.34. The Hall–Kier alpha value is -1.27. The summed E-state index contributed by atoms with van der Waals surface area (Å²) in [4.78, 5) is 0. The van der Waals surface area contributed by atoms with E-state index in [0.29, 0.717) is 18.5 Å². The van der Waals surface area contributed by atoms with Crippen LogP contribution in [0.3, 0.4) is 0 Å². The van der Waals surface area contributed by atoms with Crippen LogP contribution < -0.4 is 5.32 Å². The summed E-state index contributed by atoms with van der Waals surface area (Å²) in [7, 11) is 0. The van der Waals surface area contributed by atoms with E-state index in [-0.39, 0.29) is 0 Å². The molecule has 0 spiro atoms. The first-order valence-corrected chi connectivity index (χ1v) is 5.41. The molecule has 2 atom stereocenters. The molecule has 0 bridgehead atoms. The molecule has 3 heteroatoms. The van der Waals surface area contributed by atoms with E-state index >= 15 is 0 Å². The van der Waals surface area contributed by atoms with Gasteiger partial charge in [0.25, 0.3) is 0 Å². The van der Waals surface area contributed by atoms with E-state index in [1.54, 1.807) is 6.26 Å². The number of hydrogen-bond donors (Lipinski definition) is 1. The van der Waals surface area contributed by atoms with Gasteiger partial charge in [0.2, 0.25) is 0 Å². The first kappa shape index (κ1) is 11.8. The summed E-state index contributed by atoms with van der Waals surface area (Å²) in [6.07, 6.45) is 4.11. The van der Waals surface area contributed by atoms with Crippen LogP contribution in [0, 0.1) is 11.3 Å². The summed E-state index contributed by atoms with van der Waals surface area (Å²) >= 11 is 0. The first-order chi connectivity index (χ1) is 7.26. The van der Waals surface area contributed by atoms with Crippen LogP contribution in [0.4, 0.5) is 0 Å². The largest absolute Gasteiger partial charge is 0.469 e. The van der Waals surface area contributed by atoms with E-state index < -0.39 is 0 Å². The lowest BCUT2D eigenvalue weighted by Gasteiger charge is -2.19. The Bertz CT molecular complexity index is 300. The Labute approximate surface area is 91.1 Å². The molecule has 2 unspecified atom stereocenters. The molecule has 0 aromatic carbocycles. The van der Waals surface area contributed by atoms with E-state index in [4.69, 9.17) is 9.68 Å². The minimum atomic E-state index is 0.292. The summed E-state index contributed by atoms with van der Waals surface area (Å²) in [6, 6.07) is 6.70. The van der Waals surface area contributed by atoms with Gasteiger partial charge >= 0.3 is 0 Å². The summed E-state index contributed by atoms with van der Waals surface area (Å²) in [6.45, 7) is 4.21. The van der Waals surface area contributed by atoms with E-state index in [1.165, 1.54) is 0 Å². The molecular weight excluding hydrogens is 188 g/mol. The molecule has 82 valence electrons. The van der Waals surface area contributed by atoms with Crippen LogP contribution in [0.15, 0.2) is 22.8 Å². The third-order valence-corrected chi connectivity index (χ3v) is 2.44. The standard InChI is InChI=1S/C12H18N2O/c1-3-11(6-7-13)14-10(2)9-12-5-4-8-15-12/h4-5,8,10-11,14H,3,6,9H2,1-2H3. The maximum atomic E-state index is 8.63. The molecule has 1 N–H and O–H groups in total. The van der Waals surface area contributed by atoms with E-state index in [0.717, 1.165) is 18.6 Å². The van der Waals surface area contributed by atoms with E-state index in [2.05, 4.69) is 25.2 Å². The van der Waals surface area contributed by atoms with Gasteiger partial charge in [-0.3, -0.25) is 0 Å². The van der Waals surface area contributed by atoms with Crippen molar-refractivity contribution in [1.29, 1.82) is 5.26 Å². The topological polar surface area (TPSA) is 49.0 Å². The van der Waals surface area contributed by atoms with Crippen molar-refractivity contribution in [3.63, 3.8) is 0 Å². The molecule has 0 amide bonds. The van der Waals surface area contributed by atoms with Gasteiger partial charge in [-0.05, 0) is 25.5 Å². The fourth-order valence-electron chi connectivity index (χ4n) is 1.62. The minimum Gasteiger partial charge on any atom is -0.469 e. The average molecular weight is 206 g/mol. The highest BCUT2D eigenvalue weighted by Crippen LogP contribution is 2.06. The second-order valence-corrected chi connectivity index (χ2v) is 3.82. The predicted octanol–water partition coefficient (Wildman–Crippen LogP) is 2.49. The molecule has 0 saturated carbocycles. The maximum Gasteiger partial charge on any atom is 0.105 e. The van der Waals surface area contributed by atoms with Crippen LogP contribution in [0.25, 0.3) is 0 Å². The Morgan fingerprint density at radius 2 is 2.40 bits per heavy atom. The van der Waals surface area contributed by atoms with Crippen molar-refractivity contribution < 1.29 is 4.42 Å². The average Bonchev–Trinajstić information content (AvgIpc) is 2.69. The lowest BCUT2D eigenvalue weighted by molar-refractivity contribution is 0.406. The van der Waals surface area contributed by atoms with Crippen LogP contribution in [0.2, 0.25) is 0 Å². The van der Waals surface area contributed by atoms with E-state index in [1.807, 2.05) is 12.1 Å². The molecule has 15 heavy (non-hydrogen) atoms. The van der Waals surface area contributed by atoms with E-state index in [9.17, 15) is 0 Å². The molecule has 0 aliphatic rings. The zero-order valence-corrected chi connectivity index (χ0v) is 9.36. The molecular formula is C12H18N2O. The highest BCUT2D eigenvalue weighted by Gasteiger charge is 2.11. The van der Waals surface area contributed by atoms with Crippen molar-refractivity contribution in [2.75, 3.05) is 0 Å². The molecule has 1 heterocycles. The molecule has 3 nitrogen and oxygen atoms in total. The van der Waals surface area contributed by atoms with Crippen molar-refractivity contribution in [1.82, 2.24) is 5.32 Å². The SMILES string of the molecule is CCC(CC#N)NC(C)Cc1ccco1. The fraction of sp³-hybridized carbons (Fsp3) is 0.583. The van der Waals surface area contributed by atoms with Gasteiger partial charge in [0.15, 0.2) is 0 Å². The number of nitrogens with zero attached hydrogens (tertiary/aromatic N) is 1. The fourth-order valence-corrected chi connectivity index (χ4v) is 1.62. The number of rotatable bonds is 6. The Morgan fingerprint density at radius 3 is 2.93 bits per heavy atom. The molecule has 0 saturated heterocycles. The quantitative estimate of drug-likeness (QED) is 0.778. The van der Waals surface area contributed by atoms with Crippen molar-refractivity contribution in [2.45, 2.75) is 45.2 Å². The van der Waals surface area contributed by atoms with Gasteiger partial charge in [-0.2, -0.15) is 5.26 Å². The monoisotopic (exact) mass is 206 g/mol. The lowest BCUT2D eigenvalue weighted by Crippen LogP contribution is -2.37. The summed E-state index contributed by atoms with van der Waals surface area (Å²) in [5.41, 5.74) is 0. The third-order valence-electron chi connectivity index (χ3n) is 2.44. The molecule has 0 aliphatic heterocycles. The molecule has 1 aromatic heterocycles. The van der Waals surface area contributed by atoms with Crippen molar-refractivity contribution in [2.24, 2.45) is 0 Å². The second-order valence-electron chi connectivity index (χ2n) is 3.82. The van der Waals surface area contributed by atoms with Crippen LogP contribution >= 0.6 is 0 Å². The van der Waals surface area contributed by atoms with Crippen LogP contribution in [0.5, 0.6) is 0 Å². The lowest BCUT2D eigenvalue weighted by atomic mass is 10.1. The maximum absolute atomic E-state index is 8.63. The highest BCUT2D eigenvalue weighted by molar-refractivity contribution is 5.00. The summed E-state index contributed by atoms with van der Waals surface area (Å²) in [5.74, 6) is 0.988. The zero-order valence-electron chi connectivity index (χ0n) is 9.36. The van der Waals surface area contributed by atoms with Crippen molar-refractivity contribution >= 4 is 0 Å². The van der Waals surface area contributed by atoms with Gasteiger partial charge in [-0.1, -0.05) is 6.92 Å². The minimum absolute atomic E-state index is 0.292. The smallest absolute Gasteiger partial charge is 0.105 e. The van der Waals surface area contributed by atoms with Crippen LogP contribution in [-0.4, -0.2) is 12.1 Å². The molecule has 0 fully saturated rings. The third kappa shape index (κ3) is 4.18. The summed E-state index contributed by atoms with van der Waals surface area (Å²) < 4.78 is 5.27. The number of nitriles is 1. The van der Waals surface area contributed by atoms with Crippen LogP contribution in [-0.2, 0) is 6.42 Å². The van der Waals surface area contributed by atoms with Gasteiger partial charge in [0.05, 0.1) is 18.8 Å². The highest BCUT2D eigenvalue weighted by atomic mass is 16.3. The number of hydrogen-bond acceptors (Lipinski definition) is 3. The number of nitrogens with one attached hydrogen (secondary N) is 1. The molecule has 0 radical (unpaired) electrons. The van der Waals surface area contributed by atoms with Gasteiger partial charge in [0.1, 0.15) is 5.76 Å². The molecule has 1 rings (SSSR count). The Morgan fingerprint density at radius 1 is 1.60 bits per heavy atom. The molecule has 0 aliphatic carbocycles. The van der Waals surface area contributed by atoms with Crippen molar-refractivity contribution in [3.8, 4) is 6.07 Å². The summed E-state index contributed by atoms with van der Waals surface area (Å²) in [5, 5.41) is 12.1. The van der Waals surface area contributed by atoms with Crippen LogP contribution in [0.1, 0.15) is 32.4 Å². The molecule has 1 aromatic rings.